The van der Waals surface area contributed by atoms with E-state index in [1.54, 1.807) is 17.5 Å². The maximum absolute atomic E-state index is 14.0. The molecule has 0 unspecified atom stereocenters. The number of aromatic nitrogens is 2. The van der Waals surface area contributed by atoms with Crippen molar-refractivity contribution in [1.29, 1.82) is 0 Å². The number of benzene rings is 1. The van der Waals surface area contributed by atoms with Gasteiger partial charge in [0.25, 0.3) is 0 Å². The van der Waals surface area contributed by atoms with Gasteiger partial charge in [-0.1, -0.05) is 0 Å². The highest BCUT2D eigenvalue weighted by atomic mass is 32.1. The average molecular weight is 338 g/mol. The predicted molar refractivity (Wildman–Crippen MR) is 90.9 cm³/mol. The molecule has 0 saturated carbocycles. The molecular formula is C18H11FN2O2S. The molecular weight excluding hydrogens is 327 g/mol. The Morgan fingerprint density at radius 2 is 2.04 bits per heavy atom. The molecule has 0 bridgehead atoms. The van der Waals surface area contributed by atoms with Crippen molar-refractivity contribution >= 4 is 28.2 Å². The Balaban J connectivity index is 1.86. The van der Waals surface area contributed by atoms with Gasteiger partial charge in [-0.3, -0.25) is 4.79 Å². The van der Waals surface area contributed by atoms with Gasteiger partial charge in [0, 0.05) is 28.9 Å². The molecule has 0 radical (unpaired) electrons. The maximum atomic E-state index is 14.0. The summed E-state index contributed by atoms with van der Waals surface area (Å²) >= 11 is 1.57. The number of H-pyrrole nitrogens is 1. The fraction of sp³-hybridized carbons (Fsp3) is 0. The van der Waals surface area contributed by atoms with Crippen LogP contribution < -0.4 is 0 Å². The van der Waals surface area contributed by atoms with Crippen LogP contribution in [0.4, 0.5) is 4.39 Å². The van der Waals surface area contributed by atoms with Crippen molar-refractivity contribution in [3.8, 4) is 16.9 Å². The number of nitrogens with one attached hydrogen (secondary N) is 1. The van der Waals surface area contributed by atoms with Crippen LogP contribution in [0, 0.1) is 5.82 Å². The lowest BCUT2D eigenvalue weighted by molar-refractivity contribution is 0.103. The summed E-state index contributed by atoms with van der Waals surface area (Å²) in [6.07, 6.45) is 3.24. The monoisotopic (exact) mass is 338 g/mol. The smallest absolute Gasteiger partial charge is 0.198 e. The quantitative estimate of drug-likeness (QED) is 0.545. The van der Waals surface area contributed by atoms with Crippen LogP contribution in [0.15, 0.2) is 53.5 Å². The first kappa shape index (κ1) is 14.6. The van der Waals surface area contributed by atoms with E-state index in [1.807, 2.05) is 22.9 Å². The Morgan fingerprint density at radius 1 is 1.17 bits per heavy atom. The van der Waals surface area contributed by atoms with Crippen molar-refractivity contribution in [2.45, 2.75) is 0 Å². The van der Waals surface area contributed by atoms with E-state index in [0.29, 0.717) is 16.6 Å². The van der Waals surface area contributed by atoms with Gasteiger partial charge in [0.2, 0.25) is 0 Å². The largest absolute Gasteiger partial charge is 0.508 e. The van der Waals surface area contributed by atoms with Gasteiger partial charge in [-0.25, -0.2) is 9.37 Å². The fourth-order valence-electron chi connectivity index (χ4n) is 2.61. The van der Waals surface area contributed by atoms with Crippen molar-refractivity contribution in [2.24, 2.45) is 0 Å². The number of halogens is 1. The van der Waals surface area contributed by atoms with E-state index in [4.69, 9.17) is 0 Å². The fourth-order valence-corrected chi connectivity index (χ4v) is 3.28. The zero-order chi connectivity index (χ0) is 16.7. The third-order valence-electron chi connectivity index (χ3n) is 3.82. The van der Waals surface area contributed by atoms with Crippen LogP contribution in [-0.2, 0) is 0 Å². The number of carbonyl (C=O) groups excluding carboxylic acids is 1. The lowest BCUT2D eigenvalue weighted by Crippen LogP contribution is -2.03. The lowest BCUT2D eigenvalue weighted by Gasteiger charge is -2.03. The number of carbonyl (C=O) groups is 1. The summed E-state index contributed by atoms with van der Waals surface area (Å²) in [5.74, 6) is -1.33. The molecule has 4 aromatic rings. The molecule has 3 heterocycles. The normalized spacial score (nSPS) is 11.0. The Labute approximate surface area is 140 Å². The molecule has 0 atom stereocenters. The Kier molecular flexibility index (Phi) is 3.39. The number of aromatic amines is 1. The molecule has 0 amide bonds. The molecule has 4 nitrogen and oxygen atoms in total. The number of phenols is 1. The first-order chi connectivity index (χ1) is 11.6. The molecule has 0 aliphatic rings. The van der Waals surface area contributed by atoms with Gasteiger partial charge in [-0.05, 0) is 46.7 Å². The van der Waals surface area contributed by atoms with Crippen LogP contribution in [-0.4, -0.2) is 20.9 Å². The second-order valence-corrected chi connectivity index (χ2v) is 6.11. The summed E-state index contributed by atoms with van der Waals surface area (Å²) in [5, 5.41) is 14.1. The van der Waals surface area contributed by atoms with Gasteiger partial charge in [-0.2, -0.15) is 11.3 Å². The van der Waals surface area contributed by atoms with Crippen LogP contribution >= 0.6 is 11.3 Å². The first-order valence-corrected chi connectivity index (χ1v) is 8.10. The standard InChI is InChI=1S/C18H11FN2O2S/c19-16-2-1-12(22)6-14(16)17(23)15-8-21-18-13(15)5-11(7-20-18)10-3-4-24-9-10/h1-9,22H,(H,20,21). The summed E-state index contributed by atoms with van der Waals surface area (Å²) < 4.78 is 14.0. The molecule has 1 aromatic carbocycles. The summed E-state index contributed by atoms with van der Waals surface area (Å²) in [6.45, 7) is 0. The summed E-state index contributed by atoms with van der Waals surface area (Å²) in [5.41, 5.74) is 2.60. The van der Waals surface area contributed by atoms with E-state index >= 15 is 0 Å². The van der Waals surface area contributed by atoms with Crippen molar-refractivity contribution in [3.05, 3.63) is 70.4 Å². The number of thiophene rings is 1. The second-order valence-electron chi connectivity index (χ2n) is 5.33. The number of fused-ring (bicyclic) bond motifs is 1. The molecule has 0 spiro atoms. The molecule has 4 rings (SSSR count). The Bertz CT molecular complexity index is 1050. The van der Waals surface area contributed by atoms with Crippen LogP contribution in [0.2, 0.25) is 0 Å². The van der Waals surface area contributed by atoms with Crippen LogP contribution in [0.5, 0.6) is 5.75 Å². The number of hydrogen-bond acceptors (Lipinski definition) is 4. The molecule has 0 aliphatic heterocycles. The summed E-state index contributed by atoms with van der Waals surface area (Å²) in [4.78, 5) is 20.0. The SMILES string of the molecule is O=C(c1cc(O)ccc1F)c1c[nH]c2ncc(-c3ccsc3)cc12. The molecule has 0 aliphatic carbocycles. The zero-order valence-electron chi connectivity index (χ0n) is 12.3. The first-order valence-electron chi connectivity index (χ1n) is 7.16. The van der Waals surface area contributed by atoms with Crippen LogP contribution in [0.3, 0.4) is 0 Å². The van der Waals surface area contributed by atoms with Crippen molar-refractivity contribution in [2.75, 3.05) is 0 Å². The minimum Gasteiger partial charge on any atom is -0.508 e. The van der Waals surface area contributed by atoms with Gasteiger partial charge >= 0.3 is 0 Å². The topological polar surface area (TPSA) is 66.0 Å². The molecule has 24 heavy (non-hydrogen) atoms. The summed E-state index contributed by atoms with van der Waals surface area (Å²) in [7, 11) is 0. The number of ketones is 1. The van der Waals surface area contributed by atoms with Gasteiger partial charge < -0.3 is 10.1 Å². The van der Waals surface area contributed by atoms with Gasteiger partial charge in [0.05, 0.1) is 5.56 Å². The van der Waals surface area contributed by atoms with Crippen LogP contribution in [0.1, 0.15) is 15.9 Å². The third-order valence-corrected chi connectivity index (χ3v) is 4.51. The number of hydrogen-bond donors (Lipinski definition) is 2. The third kappa shape index (κ3) is 2.37. The number of nitrogens with zero attached hydrogens (tertiary/aromatic N) is 1. The van der Waals surface area contributed by atoms with E-state index in [-0.39, 0.29) is 11.3 Å². The number of phenolic OH excluding ortho intramolecular Hbond substituents is 1. The minimum atomic E-state index is -0.672. The van der Waals surface area contributed by atoms with E-state index in [2.05, 4.69) is 9.97 Å². The molecule has 0 fully saturated rings. The summed E-state index contributed by atoms with van der Waals surface area (Å²) in [6, 6.07) is 7.24. The highest BCUT2D eigenvalue weighted by Crippen LogP contribution is 2.28. The van der Waals surface area contributed by atoms with Gasteiger partial charge in [0.15, 0.2) is 5.78 Å². The highest BCUT2D eigenvalue weighted by Gasteiger charge is 2.19. The number of aromatic hydroxyl groups is 1. The average Bonchev–Trinajstić information content (AvgIpc) is 3.25. The minimum absolute atomic E-state index is 0.156. The number of pyridine rings is 1. The van der Waals surface area contributed by atoms with E-state index < -0.39 is 11.6 Å². The van der Waals surface area contributed by atoms with Crippen molar-refractivity contribution in [1.82, 2.24) is 9.97 Å². The zero-order valence-corrected chi connectivity index (χ0v) is 13.1. The molecule has 3 aromatic heterocycles. The second kappa shape index (κ2) is 5.58. The molecule has 118 valence electrons. The van der Waals surface area contributed by atoms with Gasteiger partial charge in [-0.15, -0.1) is 0 Å². The number of rotatable bonds is 3. The molecule has 6 heteroatoms. The molecule has 0 saturated heterocycles. The van der Waals surface area contributed by atoms with E-state index in [0.717, 1.165) is 23.3 Å². The highest BCUT2D eigenvalue weighted by molar-refractivity contribution is 7.08. The van der Waals surface area contributed by atoms with E-state index in [1.165, 1.54) is 12.3 Å². The Hall–Kier alpha value is -2.99. The molecule has 2 N–H and O–H groups in total. The predicted octanol–water partition coefficient (Wildman–Crippen LogP) is 4.37. The Morgan fingerprint density at radius 3 is 2.83 bits per heavy atom. The lowest BCUT2D eigenvalue weighted by atomic mass is 10.0. The van der Waals surface area contributed by atoms with Crippen molar-refractivity contribution in [3.63, 3.8) is 0 Å². The van der Waals surface area contributed by atoms with Crippen molar-refractivity contribution < 1.29 is 14.3 Å². The van der Waals surface area contributed by atoms with Gasteiger partial charge in [0.1, 0.15) is 17.2 Å². The van der Waals surface area contributed by atoms with E-state index in [9.17, 15) is 14.3 Å². The maximum Gasteiger partial charge on any atom is 0.198 e. The van der Waals surface area contributed by atoms with Crippen LogP contribution in [0.25, 0.3) is 22.2 Å².